The summed E-state index contributed by atoms with van der Waals surface area (Å²) in [5.74, 6) is 1.35. The molecule has 3 heterocycles. The molecular formula is C25H30N6O. The molecule has 1 fully saturated rings. The maximum atomic E-state index is 8.58. The number of hydrogen-bond donors (Lipinski definition) is 2. The summed E-state index contributed by atoms with van der Waals surface area (Å²) in [4.78, 5) is 21.7. The Kier molecular flexibility index (Phi) is 6.63. The van der Waals surface area contributed by atoms with Crippen molar-refractivity contribution >= 4 is 34.2 Å². The minimum absolute atomic E-state index is 0.250. The van der Waals surface area contributed by atoms with Crippen molar-refractivity contribution in [2.45, 2.75) is 51.5 Å². The lowest BCUT2D eigenvalue weighted by Crippen LogP contribution is -2.06. The van der Waals surface area contributed by atoms with Gasteiger partial charge in [0.2, 0.25) is 6.41 Å². The standard InChI is InChI=1S/C24H27N5.CH3NO/c1-2-17-12-19-6-8-23(25)28-22(19)13-18(17)5-3-16-4-7-21(11-16)29-10-9-20-14-26-15-27-24(20)29;2-1-3/h6,8-10,12-16,21H,2-5,7,11H2,1H3,(H2,25,28);1H,(H2,2,3). The number of hydrogen-bond acceptors (Lipinski definition) is 5. The molecule has 1 amide bonds. The second-order valence-electron chi connectivity index (χ2n) is 8.44. The van der Waals surface area contributed by atoms with Crippen molar-refractivity contribution in [2.75, 3.05) is 5.73 Å². The third kappa shape index (κ3) is 4.56. The number of carbonyl (C=O) groups is 1. The van der Waals surface area contributed by atoms with E-state index in [1.54, 1.807) is 6.33 Å². The summed E-state index contributed by atoms with van der Waals surface area (Å²) >= 11 is 0. The summed E-state index contributed by atoms with van der Waals surface area (Å²) in [6.45, 7) is 2.24. The van der Waals surface area contributed by atoms with E-state index in [2.05, 4.69) is 62.6 Å². The molecule has 166 valence electrons. The molecule has 0 radical (unpaired) electrons. The Balaban J connectivity index is 0.000000775. The predicted molar refractivity (Wildman–Crippen MR) is 128 cm³/mol. The molecule has 1 saturated carbocycles. The second kappa shape index (κ2) is 9.77. The van der Waals surface area contributed by atoms with E-state index in [0.717, 1.165) is 35.3 Å². The van der Waals surface area contributed by atoms with Gasteiger partial charge in [0.25, 0.3) is 0 Å². The van der Waals surface area contributed by atoms with Crippen LogP contribution in [0.4, 0.5) is 5.82 Å². The molecule has 0 bridgehead atoms. The van der Waals surface area contributed by atoms with Crippen LogP contribution < -0.4 is 11.5 Å². The van der Waals surface area contributed by atoms with Gasteiger partial charge in [0.05, 0.1) is 5.52 Å². The van der Waals surface area contributed by atoms with Crippen molar-refractivity contribution in [3.05, 3.63) is 60.2 Å². The fourth-order valence-electron chi connectivity index (χ4n) is 4.96. The summed E-state index contributed by atoms with van der Waals surface area (Å²) in [6.07, 6.45) is 13.1. The van der Waals surface area contributed by atoms with Crippen LogP contribution in [-0.4, -0.2) is 25.9 Å². The third-order valence-electron chi connectivity index (χ3n) is 6.52. The van der Waals surface area contributed by atoms with Crippen molar-refractivity contribution in [3.8, 4) is 0 Å². The number of pyridine rings is 1. The first-order valence-electron chi connectivity index (χ1n) is 11.2. The highest BCUT2D eigenvalue weighted by atomic mass is 16.1. The predicted octanol–water partition coefficient (Wildman–Crippen LogP) is 4.20. The lowest BCUT2D eigenvalue weighted by atomic mass is 9.93. The molecular weight excluding hydrogens is 400 g/mol. The Morgan fingerprint density at radius 3 is 2.81 bits per heavy atom. The molecule has 1 aromatic carbocycles. The van der Waals surface area contributed by atoms with Gasteiger partial charge in [0, 0.05) is 29.2 Å². The third-order valence-corrected chi connectivity index (χ3v) is 6.52. The first-order valence-corrected chi connectivity index (χ1v) is 11.2. The molecule has 5 rings (SSSR count). The van der Waals surface area contributed by atoms with Gasteiger partial charge >= 0.3 is 0 Å². The van der Waals surface area contributed by atoms with Gasteiger partial charge in [-0.15, -0.1) is 0 Å². The topological polar surface area (TPSA) is 113 Å². The largest absolute Gasteiger partial charge is 0.384 e. The highest BCUT2D eigenvalue weighted by molar-refractivity contribution is 5.81. The Labute approximate surface area is 187 Å². The van der Waals surface area contributed by atoms with Crippen LogP contribution in [0, 0.1) is 5.92 Å². The SMILES string of the molecule is CCc1cc2ccc(N)nc2cc1CCC1CCC(n2ccc3cncnc32)C1.NC=O. The Morgan fingerprint density at radius 2 is 2.00 bits per heavy atom. The fraction of sp³-hybridized carbons (Fsp3) is 0.360. The van der Waals surface area contributed by atoms with Crippen molar-refractivity contribution in [2.24, 2.45) is 11.7 Å². The number of anilines is 1. The van der Waals surface area contributed by atoms with E-state index in [1.807, 2.05) is 12.3 Å². The fourth-order valence-corrected chi connectivity index (χ4v) is 4.96. The van der Waals surface area contributed by atoms with Crippen LogP contribution in [0.15, 0.2) is 49.1 Å². The number of amides is 1. The second-order valence-corrected chi connectivity index (χ2v) is 8.44. The number of rotatable bonds is 5. The van der Waals surface area contributed by atoms with Crippen LogP contribution in [0.25, 0.3) is 21.9 Å². The van der Waals surface area contributed by atoms with E-state index in [4.69, 9.17) is 10.5 Å². The smallest absolute Gasteiger partial charge is 0.204 e. The zero-order chi connectivity index (χ0) is 22.5. The van der Waals surface area contributed by atoms with Crippen LogP contribution in [0.2, 0.25) is 0 Å². The summed E-state index contributed by atoms with van der Waals surface area (Å²) in [5.41, 5.74) is 15.0. The van der Waals surface area contributed by atoms with E-state index in [9.17, 15) is 0 Å². The van der Waals surface area contributed by atoms with Crippen LogP contribution in [0.1, 0.15) is 49.8 Å². The van der Waals surface area contributed by atoms with Gasteiger partial charge in [-0.1, -0.05) is 6.92 Å². The average Bonchev–Trinajstić information content (AvgIpc) is 3.44. The van der Waals surface area contributed by atoms with E-state index in [1.165, 1.54) is 42.2 Å². The number of carbonyl (C=O) groups excluding carboxylic acids is 1. The van der Waals surface area contributed by atoms with Crippen molar-refractivity contribution in [3.63, 3.8) is 0 Å². The lowest BCUT2D eigenvalue weighted by molar-refractivity contribution is -0.106. The number of nitrogens with zero attached hydrogens (tertiary/aromatic N) is 4. The highest BCUT2D eigenvalue weighted by Gasteiger charge is 2.26. The lowest BCUT2D eigenvalue weighted by Gasteiger charge is -2.15. The summed E-state index contributed by atoms with van der Waals surface area (Å²) in [7, 11) is 0. The van der Waals surface area contributed by atoms with Gasteiger partial charge in [0.1, 0.15) is 17.8 Å². The molecule has 1 aliphatic rings. The molecule has 0 aliphatic heterocycles. The first kappa shape index (κ1) is 21.7. The van der Waals surface area contributed by atoms with Gasteiger partial charge < -0.3 is 16.0 Å². The number of aromatic nitrogens is 4. The normalized spacial score (nSPS) is 17.9. The van der Waals surface area contributed by atoms with E-state index in [0.29, 0.717) is 11.9 Å². The first-order chi connectivity index (χ1) is 15.6. The monoisotopic (exact) mass is 430 g/mol. The molecule has 7 nitrogen and oxygen atoms in total. The molecule has 7 heteroatoms. The maximum Gasteiger partial charge on any atom is 0.204 e. The molecule has 3 aromatic heterocycles. The molecule has 2 atom stereocenters. The highest BCUT2D eigenvalue weighted by Crippen LogP contribution is 2.38. The molecule has 0 spiro atoms. The number of nitrogen functional groups attached to an aromatic ring is 1. The summed E-state index contributed by atoms with van der Waals surface area (Å²) < 4.78 is 2.36. The molecule has 2 unspecified atom stereocenters. The Bertz CT molecular complexity index is 1220. The minimum atomic E-state index is 0.250. The van der Waals surface area contributed by atoms with E-state index < -0.39 is 0 Å². The summed E-state index contributed by atoms with van der Waals surface area (Å²) in [5, 5.41) is 2.31. The van der Waals surface area contributed by atoms with Gasteiger partial charge in [-0.2, -0.15) is 0 Å². The van der Waals surface area contributed by atoms with E-state index >= 15 is 0 Å². The maximum absolute atomic E-state index is 8.58. The molecule has 32 heavy (non-hydrogen) atoms. The number of nitrogens with two attached hydrogens (primary N) is 2. The Morgan fingerprint density at radius 1 is 1.16 bits per heavy atom. The van der Waals surface area contributed by atoms with Crippen LogP contribution in [0.5, 0.6) is 0 Å². The van der Waals surface area contributed by atoms with Crippen molar-refractivity contribution in [1.82, 2.24) is 19.5 Å². The van der Waals surface area contributed by atoms with Crippen molar-refractivity contribution < 1.29 is 4.79 Å². The van der Waals surface area contributed by atoms with Gasteiger partial charge in [-0.05, 0) is 85.9 Å². The van der Waals surface area contributed by atoms with Gasteiger partial charge in [0.15, 0.2) is 0 Å². The molecule has 4 N–H and O–H groups in total. The zero-order valence-electron chi connectivity index (χ0n) is 18.4. The van der Waals surface area contributed by atoms with Gasteiger partial charge in [-0.25, -0.2) is 15.0 Å². The average molecular weight is 431 g/mol. The summed E-state index contributed by atoms with van der Waals surface area (Å²) in [6, 6.07) is 11.2. The number of benzene rings is 1. The number of primary amides is 1. The minimum Gasteiger partial charge on any atom is -0.384 e. The quantitative estimate of drug-likeness (QED) is 0.461. The Hall–Kier alpha value is -3.48. The van der Waals surface area contributed by atoms with Crippen LogP contribution in [-0.2, 0) is 17.6 Å². The van der Waals surface area contributed by atoms with Gasteiger partial charge in [-0.3, -0.25) is 4.79 Å². The molecule has 4 aromatic rings. The molecule has 1 aliphatic carbocycles. The van der Waals surface area contributed by atoms with Crippen LogP contribution >= 0.6 is 0 Å². The van der Waals surface area contributed by atoms with Crippen molar-refractivity contribution in [1.29, 1.82) is 0 Å². The van der Waals surface area contributed by atoms with Crippen LogP contribution in [0.3, 0.4) is 0 Å². The zero-order valence-corrected chi connectivity index (χ0v) is 18.4. The number of aryl methyl sites for hydroxylation is 2. The van der Waals surface area contributed by atoms with E-state index in [-0.39, 0.29) is 6.41 Å². The number of fused-ring (bicyclic) bond motifs is 2. The molecule has 0 saturated heterocycles.